The molecule has 0 N–H and O–H groups in total. The number of carbonyl (C=O) groups excluding carboxylic acids is 2. The van der Waals surface area contributed by atoms with Gasteiger partial charge < -0.3 is 14.4 Å². The molecule has 1 aromatic heterocycles. The molecule has 0 radical (unpaired) electrons. The Morgan fingerprint density at radius 2 is 2.00 bits per heavy atom. The smallest absolute Gasteiger partial charge is 0.346 e. The lowest BCUT2D eigenvalue weighted by Gasteiger charge is -2.32. The van der Waals surface area contributed by atoms with Crippen LogP contribution in [0.25, 0.3) is 0 Å². The molecule has 1 unspecified atom stereocenters. The van der Waals surface area contributed by atoms with Gasteiger partial charge in [-0.1, -0.05) is 0 Å². The number of hydrogen-bond acceptors (Lipinski definition) is 6. The minimum atomic E-state index is -0.344. The van der Waals surface area contributed by atoms with E-state index in [1.54, 1.807) is 18.9 Å². The second-order valence-electron chi connectivity index (χ2n) is 7.44. The van der Waals surface area contributed by atoms with Crippen molar-refractivity contribution in [2.75, 3.05) is 33.4 Å². The molecular formula is C19H30N4O5. The summed E-state index contributed by atoms with van der Waals surface area (Å²) in [5.74, 6) is 0.435. The van der Waals surface area contributed by atoms with E-state index in [-0.39, 0.29) is 42.4 Å². The van der Waals surface area contributed by atoms with Gasteiger partial charge in [-0.2, -0.15) is 5.10 Å². The Morgan fingerprint density at radius 1 is 1.21 bits per heavy atom. The van der Waals surface area contributed by atoms with Crippen molar-refractivity contribution < 1.29 is 19.1 Å². The highest BCUT2D eigenvalue weighted by Crippen LogP contribution is 2.37. The lowest BCUT2D eigenvalue weighted by atomic mass is 9.96. The number of rotatable bonds is 9. The van der Waals surface area contributed by atoms with E-state index < -0.39 is 0 Å². The molecule has 156 valence electrons. The fourth-order valence-corrected chi connectivity index (χ4v) is 3.73. The summed E-state index contributed by atoms with van der Waals surface area (Å²) in [6.45, 7) is 4.15. The number of ether oxygens (including phenoxy) is 2. The number of methoxy groups -OCH3 is 1. The number of likely N-dealkylation sites (tertiary alicyclic amines) is 1. The number of amides is 1. The van der Waals surface area contributed by atoms with Crippen molar-refractivity contribution in [1.29, 1.82) is 0 Å². The van der Waals surface area contributed by atoms with Crippen molar-refractivity contribution in [2.45, 2.75) is 64.0 Å². The molecule has 1 atom stereocenters. The Bertz CT molecular complexity index is 752. The van der Waals surface area contributed by atoms with E-state index >= 15 is 0 Å². The molecule has 1 saturated carbocycles. The Hall–Kier alpha value is -2.16. The van der Waals surface area contributed by atoms with Crippen LogP contribution in [0, 0.1) is 0 Å². The molecule has 0 aromatic carbocycles. The van der Waals surface area contributed by atoms with Crippen LogP contribution in [0.15, 0.2) is 4.79 Å². The molecule has 2 aliphatic rings. The predicted octanol–water partition coefficient (Wildman–Crippen LogP) is 1.08. The first-order chi connectivity index (χ1) is 13.5. The van der Waals surface area contributed by atoms with Crippen molar-refractivity contribution in [3.8, 4) is 0 Å². The van der Waals surface area contributed by atoms with Crippen LogP contribution in [-0.2, 0) is 25.6 Å². The lowest BCUT2D eigenvalue weighted by molar-refractivity contribution is -0.146. The first kappa shape index (κ1) is 20.6. The van der Waals surface area contributed by atoms with Crippen LogP contribution in [0.2, 0.25) is 0 Å². The third-order valence-electron chi connectivity index (χ3n) is 5.30. The standard InChI is InChI=1S/C19H30N4O5/c1-3-28-17(25)9-8-16(24)21-10-4-5-14(13-21)18-20-22(11-12-27-2)19(26)23(18)15-6-7-15/h14-15H,3-13H2,1-2H3. The maximum Gasteiger partial charge on any atom is 0.346 e. The van der Waals surface area contributed by atoms with Gasteiger partial charge in [0.05, 0.1) is 26.2 Å². The third kappa shape index (κ3) is 4.81. The van der Waals surface area contributed by atoms with E-state index in [1.165, 1.54) is 4.68 Å². The number of piperidine rings is 1. The van der Waals surface area contributed by atoms with Crippen LogP contribution < -0.4 is 5.69 Å². The topological polar surface area (TPSA) is 95.7 Å². The molecule has 28 heavy (non-hydrogen) atoms. The fraction of sp³-hybridized carbons (Fsp3) is 0.789. The first-order valence-electron chi connectivity index (χ1n) is 10.2. The highest BCUT2D eigenvalue weighted by Gasteiger charge is 2.35. The second kappa shape index (κ2) is 9.36. The van der Waals surface area contributed by atoms with Gasteiger partial charge in [-0.15, -0.1) is 0 Å². The van der Waals surface area contributed by atoms with E-state index in [2.05, 4.69) is 5.10 Å². The normalized spacial score (nSPS) is 19.6. The fourth-order valence-electron chi connectivity index (χ4n) is 3.73. The molecule has 0 spiro atoms. The molecule has 3 rings (SSSR count). The molecule has 1 saturated heterocycles. The predicted molar refractivity (Wildman–Crippen MR) is 101 cm³/mol. The van der Waals surface area contributed by atoms with E-state index in [4.69, 9.17) is 9.47 Å². The van der Waals surface area contributed by atoms with E-state index in [0.29, 0.717) is 32.8 Å². The Kier molecular flexibility index (Phi) is 6.88. The molecule has 9 heteroatoms. The van der Waals surface area contributed by atoms with Crippen LogP contribution >= 0.6 is 0 Å². The number of aromatic nitrogens is 3. The quantitative estimate of drug-likeness (QED) is 0.582. The van der Waals surface area contributed by atoms with Crippen molar-refractivity contribution in [3.05, 3.63) is 16.3 Å². The molecule has 9 nitrogen and oxygen atoms in total. The third-order valence-corrected chi connectivity index (χ3v) is 5.30. The number of carbonyl (C=O) groups is 2. The molecular weight excluding hydrogens is 364 g/mol. The van der Waals surface area contributed by atoms with Crippen LogP contribution in [0.3, 0.4) is 0 Å². The van der Waals surface area contributed by atoms with Crippen LogP contribution in [0.1, 0.15) is 63.2 Å². The second-order valence-corrected chi connectivity index (χ2v) is 7.44. The van der Waals surface area contributed by atoms with Crippen LogP contribution in [0.5, 0.6) is 0 Å². The van der Waals surface area contributed by atoms with Gasteiger partial charge in [0.1, 0.15) is 5.82 Å². The zero-order valence-corrected chi connectivity index (χ0v) is 16.8. The molecule has 1 aliphatic heterocycles. The zero-order valence-electron chi connectivity index (χ0n) is 16.8. The van der Waals surface area contributed by atoms with E-state index in [1.807, 2.05) is 4.57 Å². The summed E-state index contributed by atoms with van der Waals surface area (Å²) in [4.78, 5) is 38.6. The minimum Gasteiger partial charge on any atom is -0.466 e. The average Bonchev–Trinajstić information content (AvgIpc) is 3.48. The molecule has 2 heterocycles. The largest absolute Gasteiger partial charge is 0.466 e. The van der Waals surface area contributed by atoms with Gasteiger partial charge in [0, 0.05) is 38.6 Å². The minimum absolute atomic E-state index is 0.0392. The van der Waals surface area contributed by atoms with Crippen LogP contribution in [0.4, 0.5) is 0 Å². The number of hydrogen-bond donors (Lipinski definition) is 0. The zero-order chi connectivity index (χ0) is 20.1. The molecule has 2 fully saturated rings. The Balaban J connectivity index is 1.69. The average molecular weight is 394 g/mol. The van der Waals surface area contributed by atoms with Gasteiger partial charge >= 0.3 is 11.7 Å². The summed E-state index contributed by atoms with van der Waals surface area (Å²) >= 11 is 0. The number of nitrogens with zero attached hydrogens (tertiary/aromatic N) is 4. The monoisotopic (exact) mass is 394 g/mol. The SMILES string of the molecule is CCOC(=O)CCC(=O)N1CCCC(c2nn(CCOC)c(=O)n2C2CC2)C1. The van der Waals surface area contributed by atoms with Gasteiger partial charge in [-0.25, -0.2) is 9.48 Å². The van der Waals surface area contributed by atoms with Gasteiger partial charge in [0.25, 0.3) is 0 Å². The summed E-state index contributed by atoms with van der Waals surface area (Å²) < 4.78 is 13.3. The van der Waals surface area contributed by atoms with E-state index in [9.17, 15) is 14.4 Å². The van der Waals surface area contributed by atoms with Gasteiger partial charge in [0.15, 0.2) is 0 Å². The summed E-state index contributed by atoms with van der Waals surface area (Å²) in [5, 5.41) is 4.60. The Labute approximate surface area is 164 Å². The molecule has 0 bridgehead atoms. The molecule has 1 amide bonds. The summed E-state index contributed by atoms with van der Waals surface area (Å²) in [7, 11) is 1.60. The summed E-state index contributed by atoms with van der Waals surface area (Å²) in [6.07, 6.45) is 4.01. The summed E-state index contributed by atoms with van der Waals surface area (Å²) in [6, 6.07) is 0.230. The molecule has 1 aliphatic carbocycles. The Morgan fingerprint density at radius 3 is 2.68 bits per heavy atom. The maximum atomic E-state index is 12.8. The lowest BCUT2D eigenvalue weighted by Crippen LogP contribution is -2.40. The van der Waals surface area contributed by atoms with Crippen molar-refractivity contribution >= 4 is 11.9 Å². The maximum absolute atomic E-state index is 12.8. The molecule has 1 aromatic rings. The van der Waals surface area contributed by atoms with Gasteiger partial charge in [-0.3, -0.25) is 14.2 Å². The number of esters is 1. The first-order valence-corrected chi connectivity index (χ1v) is 10.2. The van der Waals surface area contributed by atoms with Crippen molar-refractivity contribution in [3.63, 3.8) is 0 Å². The summed E-state index contributed by atoms with van der Waals surface area (Å²) in [5.41, 5.74) is -0.0830. The van der Waals surface area contributed by atoms with Crippen LogP contribution in [-0.4, -0.2) is 64.5 Å². The van der Waals surface area contributed by atoms with Crippen molar-refractivity contribution in [2.24, 2.45) is 0 Å². The van der Waals surface area contributed by atoms with Crippen molar-refractivity contribution in [1.82, 2.24) is 19.2 Å². The van der Waals surface area contributed by atoms with Gasteiger partial charge in [-0.05, 0) is 32.6 Å². The highest BCUT2D eigenvalue weighted by molar-refractivity contribution is 5.81. The highest BCUT2D eigenvalue weighted by atomic mass is 16.5. The van der Waals surface area contributed by atoms with Gasteiger partial charge in [0.2, 0.25) is 5.91 Å². The van der Waals surface area contributed by atoms with E-state index in [0.717, 1.165) is 31.5 Å².